The second-order valence-corrected chi connectivity index (χ2v) is 6.53. The topological polar surface area (TPSA) is 23.5 Å². The van der Waals surface area contributed by atoms with Gasteiger partial charge < -0.3 is 5.11 Å². The Morgan fingerprint density at radius 2 is 1.57 bits per heavy atom. The van der Waals surface area contributed by atoms with Crippen LogP contribution in [-0.2, 0) is 12.1 Å². The number of hydrogen-bond acceptors (Lipinski definition) is 2. The van der Waals surface area contributed by atoms with Crippen LogP contribution in [-0.4, -0.2) is 23.1 Å². The van der Waals surface area contributed by atoms with Crippen LogP contribution in [0.2, 0.25) is 5.02 Å². The van der Waals surface area contributed by atoms with Gasteiger partial charge in [-0.1, -0.05) is 23.7 Å². The summed E-state index contributed by atoms with van der Waals surface area (Å²) in [4.78, 5) is 2.10. The quantitative estimate of drug-likeness (QED) is 0.911. The van der Waals surface area contributed by atoms with E-state index in [1.54, 1.807) is 12.1 Å². The van der Waals surface area contributed by atoms with Crippen LogP contribution >= 0.6 is 11.6 Å². The molecule has 1 N–H and O–H groups in total. The molecule has 2 aromatic rings. The summed E-state index contributed by atoms with van der Waals surface area (Å²) in [5.74, 6) is -1.12. The summed E-state index contributed by atoms with van der Waals surface area (Å²) in [7, 11) is 0. The summed E-state index contributed by atoms with van der Waals surface area (Å²) < 4.78 is 26.5. The molecule has 1 aliphatic rings. The normalized spacial score (nSPS) is 18.1. The standard InChI is InChI=1S/C18H18ClF2NO/c19-15-3-1-14(2-4-15)18(23)5-7-22(8-6-18)12-13-9-16(20)11-17(21)10-13/h1-4,9-11,23H,5-8,12H2. The van der Waals surface area contributed by atoms with E-state index >= 15 is 0 Å². The number of piperidine rings is 1. The van der Waals surface area contributed by atoms with Crippen LogP contribution in [0, 0.1) is 11.6 Å². The van der Waals surface area contributed by atoms with Crippen LogP contribution in [0.15, 0.2) is 42.5 Å². The number of hydrogen-bond donors (Lipinski definition) is 1. The Bertz CT molecular complexity index is 662. The van der Waals surface area contributed by atoms with Crippen molar-refractivity contribution in [3.05, 3.63) is 70.2 Å². The molecule has 0 unspecified atom stereocenters. The Kier molecular flexibility index (Phi) is 4.67. The molecule has 0 aromatic heterocycles. The van der Waals surface area contributed by atoms with Crippen molar-refractivity contribution in [2.75, 3.05) is 13.1 Å². The Morgan fingerprint density at radius 1 is 1.00 bits per heavy atom. The van der Waals surface area contributed by atoms with Gasteiger partial charge in [0.1, 0.15) is 11.6 Å². The predicted molar refractivity (Wildman–Crippen MR) is 86.2 cm³/mol. The van der Waals surface area contributed by atoms with Gasteiger partial charge in [-0.05, 0) is 48.2 Å². The maximum atomic E-state index is 13.2. The van der Waals surface area contributed by atoms with Gasteiger partial charge in [-0.2, -0.15) is 0 Å². The summed E-state index contributed by atoms with van der Waals surface area (Å²) in [5, 5.41) is 11.5. The fraction of sp³-hybridized carbons (Fsp3) is 0.333. The van der Waals surface area contributed by atoms with E-state index < -0.39 is 17.2 Å². The highest BCUT2D eigenvalue weighted by Crippen LogP contribution is 2.33. The third kappa shape index (κ3) is 3.89. The zero-order valence-corrected chi connectivity index (χ0v) is 13.4. The van der Waals surface area contributed by atoms with Crippen molar-refractivity contribution < 1.29 is 13.9 Å². The first kappa shape index (κ1) is 16.4. The molecule has 23 heavy (non-hydrogen) atoms. The molecule has 1 fully saturated rings. The maximum Gasteiger partial charge on any atom is 0.126 e. The third-order valence-corrected chi connectivity index (χ3v) is 4.65. The summed E-state index contributed by atoms with van der Waals surface area (Å²) in [6.45, 7) is 1.81. The van der Waals surface area contributed by atoms with Crippen molar-refractivity contribution in [3.8, 4) is 0 Å². The average Bonchev–Trinajstić information content (AvgIpc) is 2.49. The van der Waals surface area contributed by atoms with Crippen molar-refractivity contribution in [2.24, 2.45) is 0 Å². The first-order valence-corrected chi connectivity index (χ1v) is 7.98. The molecule has 1 heterocycles. The van der Waals surface area contributed by atoms with E-state index in [4.69, 9.17) is 11.6 Å². The lowest BCUT2D eigenvalue weighted by atomic mass is 9.84. The number of benzene rings is 2. The number of halogens is 3. The van der Waals surface area contributed by atoms with Crippen LogP contribution < -0.4 is 0 Å². The van der Waals surface area contributed by atoms with Gasteiger partial charge in [-0.3, -0.25) is 4.90 Å². The smallest absolute Gasteiger partial charge is 0.126 e. The van der Waals surface area contributed by atoms with Crippen molar-refractivity contribution in [3.63, 3.8) is 0 Å². The largest absolute Gasteiger partial charge is 0.385 e. The van der Waals surface area contributed by atoms with Gasteiger partial charge in [0.2, 0.25) is 0 Å². The van der Waals surface area contributed by atoms with E-state index in [0.717, 1.165) is 11.6 Å². The lowest BCUT2D eigenvalue weighted by Gasteiger charge is -2.38. The number of likely N-dealkylation sites (tertiary alicyclic amines) is 1. The zero-order chi connectivity index (χ0) is 16.4. The second-order valence-electron chi connectivity index (χ2n) is 6.09. The van der Waals surface area contributed by atoms with Crippen molar-refractivity contribution in [2.45, 2.75) is 25.0 Å². The van der Waals surface area contributed by atoms with E-state index in [1.807, 2.05) is 12.1 Å². The minimum atomic E-state index is -0.867. The summed E-state index contributed by atoms with van der Waals surface area (Å²) in [6.07, 6.45) is 1.15. The molecule has 2 aromatic carbocycles. The first-order valence-electron chi connectivity index (χ1n) is 7.60. The third-order valence-electron chi connectivity index (χ3n) is 4.39. The minimum Gasteiger partial charge on any atom is -0.385 e. The molecular weight excluding hydrogens is 320 g/mol. The lowest BCUT2D eigenvalue weighted by Crippen LogP contribution is -2.42. The molecule has 0 radical (unpaired) electrons. The average molecular weight is 338 g/mol. The highest BCUT2D eigenvalue weighted by atomic mass is 35.5. The summed E-state index contributed by atoms with van der Waals surface area (Å²) >= 11 is 5.88. The van der Waals surface area contributed by atoms with Gasteiger partial charge in [0, 0.05) is 30.7 Å². The molecule has 2 nitrogen and oxygen atoms in total. The van der Waals surface area contributed by atoms with Gasteiger partial charge >= 0.3 is 0 Å². The monoisotopic (exact) mass is 337 g/mol. The zero-order valence-electron chi connectivity index (χ0n) is 12.6. The van der Waals surface area contributed by atoms with Crippen LogP contribution in [0.4, 0.5) is 8.78 Å². The van der Waals surface area contributed by atoms with Gasteiger partial charge in [0.25, 0.3) is 0 Å². The number of nitrogens with zero attached hydrogens (tertiary/aromatic N) is 1. The number of aliphatic hydroxyl groups is 1. The molecule has 0 aliphatic carbocycles. The Morgan fingerprint density at radius 3 is 2.13 bits per heavy atom. The van der Waals surface area contributed by atoms with Crippen molar-refractivity contribution >= 4 is 11.6 Å². The van der Waals surface area contributed by atoms with Crippen LogP contribution in [0.5, 0.6) is 0 Å². The Balaban J connectivity index is 1.64. The molecule has 0 atom stereocenters. The first-order chi connectivity index (χ1) is 10.9. The van der Waals surface area contributed by atoms with Crippen LogP contribution in [0.25, 0.3) is 0 Å². The molecule has 3 rings (SSSR count). The van der Waals surface area contributed by atoms with Gasteiger partial charge in [0.15, 0.2) is 0 Å². The molecule has 0 saturated carbocycles. The molecule has 0 bridgehead atoms. The van der Waals surface area contributed by atoms with E-state index in [9.17, 15) is 13.9 Å². The molecule has 122 valence electrons. The van der Waals surface area contributed by atoms with Gasteiger partial charge in [-0.15, -0.1) is 0 Å². The maximum absolute atomic E-state index is 13.2. The molecule has 1 aliphatic heterocycles. The summed E-state index contributed by atoms with van der Waals surface area (Å²) in [5.41, 5.74) is 0.603. The van der Waals surface area contributed by atoms with Crippen LogP contribution in [0.1, 0.15) is 24.0 Å². The number of rotatable bonds is 3. The lowest BCUT2D eigenvalue weighted by molar-refractivity contribution is -0.0277. The predicted octanol–water partition coefficient (Wildman–Crippen LogP) is 4.10. The Labute approximate surface area is 139 Å². The Hall–Kier alpha value is -1.49. The van der Waals surface area contributed by atoms with Crippen molar-refractivity contribution in [1.82, 2.24) is 4.90 Å². The molecular formula is C18H18ClF2NO. The minimum absolute atomic E-state index is 0.478. The van der Waals surface area contributed by atoms with E-state index in [2.05, 4.69) is 4.90 Å². The fourth-order valence-corrected chi connectivity index (χ4v) is 3.22. The summed E-state index contributed by atoms with van der Waals surface area (Å²) in [6, 6.07) is 10.8. The van der Waals surface area contributed by atoms with E-state index in [-0.39, 0.29) is 0 Å². The molecule has 5 heteroatoms. The van der Waals surface area contributed by atoms with Gasteiger partial charge in [0.05, 0.1) is 5.60 Å². The van der Waals surface area contributed by atoms with E-state index in [1.165, 1.54) is 12.1 Å². The highest BCUT2D eigenvalue weighted by molar-refractivity contribution is 6.30. The molecule has 0 spiro atoms. The second kappa shape index (κ2) is 6.56. The highest BCUT2D eigenvalue weighted by Gasteiger charge is 2.33. The van der Waals surface area contributed by atoms with Gasteiger partial charge in [-0.25, -0.2) is 8.78 Å². The molecule has 1 saturated heterocycles. The molecule has 0 amide bonds. The SMILES string of the molecule is OC1(c2ccc(Cl)cc2)CCN(Cc2cc(F)cc(F)c2)CC1. The fourth-order valence-electron chi connectivity index (χ4n) is 3.09. The van der Waals surface area contributed by atoms with Crippen molar-refractivity contribution in [1.29, 1.82) is 0 Å². The van der Waals surface area contributed by atoms with Crippen LogP contribution in [0.3, 0.4) is 0 Å². The van der Waals surface area contributed by atoms with E-state index in [0.29, 0.717) is 43.1 Å².